The fourth-order valence-corrected chi connectivity index (χ4v) is 3.26. The number of aromatic nitrogens is 1. The number of nitrogens with one attached hydrogen (secondary N) is 1. The molecular formula is C14H21N3. The fourth-order valence-electron chi connectivity index (χ4n) is 3.26. The molecule has 17 heavy (non-hydrogen) atoms. The van der Waals surface area contributed by atoms with Gasteiger partial charge in [-0.1, -0.05) is 6.07 Å². The van der Waals surface area contributed by atoms with Gasteiger partial charge in [0, 0.05) is 31.5 Å². The zero-order valence-corrected chi connectivity index (χ0v) is 10.3. The highest BCUT2D eigenvalue weighted by Crippen LogP contribution is 2.26. The van der Waals surface area contributed by atoms with Crippen molar-refractivity contribution >= 4 is 0 Å². The van der Waals surface area contributed by atoms with Crippen LogP contribution in [0.25, 0.3) is 0 Å². The van der Waals surface area contributed by atoms with E-state index >= 15 is 0 Å². The van der Waals surface area contributed by atoms with Crippen LogP contribution in [0.5, 0.6) is 0 Å². The van der Waals surface area contributed by atoms with Crippen molar-refractivity contribution in [1.82, 2.24) is 15.2 Å². The van der Waals surface area contributed by atoms with E-state index in [0.29, 0.717) is 0 Å². The highest BCUT2D eigenvalue weighted by atomic mass is 15.2. The summed E-state index contributed by atoms with van der Waals surface area (Å²) in [6.45, 7) is 4.89. The Hall–Kier alpha value is -0.930. The maximum atomic E-state index is 4.18. The van der Waals surface area contributed by atoms with Crippen LogP contribution in [0.15, 0.2) is 24.5 Å². The summed E-state index contributed by atoms with van der Waals surface area (Å²) in [5, 5.41) is 3.54. The van der Waals surface area contributed by atoms with E-state index in [1.165, 1.54) is 44.6 Å². The molecule has 2 fully saturated rings. The average Bonchev–Trinajstić information content (AvgIpc) is 2.86. The molecule has 2 atom stereocenters. The van der Waals surface area contributed by atoms with E-state index in [9.17, 15) is 0 Å². The summed E-state index contributed by atoms with van der Waals surface area (Å²) >= 11 is 0. The largest absolute Gasteiger partial charge is 0.315 e. The summed E-state index contributed by atoms with van der Waals surface area (Å²) < 4.78 is 0. The second-order valence-corrected chi connectivity index (χ2v) is 5.28. The van der Waals surface area contributed by atoms with Crippen LogP contribution in [0.4, 0.5) is 0 Å². The van der Waals surface area contributed by atoms with Gasteiger partial charge in [0.2, 0.25) is 0 Å². The van der Waals surface area contributed by atoms with Crippen molar-refractivity contribution in [2.45, 2.75) is 25.3 Å². The number of piperidine rings is 1. The fraction of sp³-hybridized carbons (Fsp3) is 0.643. The molecule has 1 N–H and O–H groups in total. The second kappa shape index (κ2) is 5.15. The Labute approximate surface area is 103 Å². The quantitative estimate of drug-likeness (QED) is 0.850. The lowest BCUT2D eigenvalue weighted by Crippen LogP contribution is -2.45. The van der Waals surface area contributed by atoms with Crippen LogP contribution in [0.2, 0.25) is 0 Å². The first-order chi connectivity index (χ1) is 8.43. The molecule has 2 unspecified atom stereocenters. The Balaban J connectivity index is 1.57. The lowest BCUT2D eigenvalue weighted by Gasteiger charge is -2.37. The summed E-state index contributed by atoms with van der Waals surface area (Å²) in [5.41, 5.74) is 1.36. The summed E-state index contributed by atoms with van der Waals surface area (Å²) in [7, 11) is 0. The van der Waals surface area contributed by atoms with Crippen molar-refractivity contribution < 1.29 is 0 Å². The lowest BCUT2D eigenvalue weighted by molar-refractivity contribution is 0.126. The first kappa shape index (κ1) is 11.2. The molecule has 0 radical (unpaired) electrons. The number of hydrogen-bond donors (Lipinski definition) is 1. The van der Waals surface area contributed by atoms with Crippen molar-refractivity contribution in [3.63, 3.8) is 0 Å². The van der Waals surface area contributed by atoms with Gasteiger partial charge in [0.25, 0.3) is 0 Å². The Bertz CT molecular complexity index is 352. The molecule has 1 aromatic rings. The van der Waals surface area contributed by atoms with E-state index in [4.69, 9.17) is 0 Å². The van der Waals surface area contributed by atoms with Gasteiger partial charge >= 0.3 is 0 Å². The number of fused-ring (bicyclic) bond motifs is 1. The molecular weight excluding hydrogens is 210 g/mol. The average molecular weight is 231 g/mol. The molecule has 3 heteroatoms. The molecule has 92 valence electrons. The lowest BCUT2D eigenvalue weighted by atomic mass is 9.92. The number of likely N-dealkylation sites (tertiary alicyclic amines) is 1. The van der Waals surface area contributed by atoms with E-state index in [2.05, 4.69) is 21.3 Å². The van der Waals surface area contributed by atoms with Crippen LogP contribution >= 0.6 is 0 Å². The minimum absolute atomic E-state index is 0.792. The zero-order chi connectivity index (χ0) is 11.5. The zero-order valence-electron chi connectivity index (χ0n) is 10.3. The van der Waals surface area contributed by atoms with E-state index in [1.54, 1.807) is 0 Å². The van der Waals surface area contributed by atoms with Crippen molar-refractivity contribution in [3.8, 4) is 0 Å². The first-order valence-corrected chi connectivity index (χ1v) is 6.77. The minimum atomic E-state index is 0.792. The van der Waals surface area contributed by atoms with Crippen LogP contribution in [-0.2, 0) is 6.42 Å². The molecule has 2 aliphatic heterocycles. The highest BCUT2D eigenvalue weighted by molar-refractivity contribution is 5.09. The van der Waals surface area contributed by atoms with Gasteiger partial charge in [-0.05, 0) is 49.9 Å². The van der Waals surface area contributed by atoms with Gasteiger partial charge in [-0.2, -0.15) is 0 Å². The molecule has 0 saturated carbocycles. The summed E-state index contributed by atoms with van der Waals surface area (Å²) in [6, 6.07) is 5.01. The van der Waals surface area contributed by atoms with Crippen molar-refractivity contribution in [3.05, 3.63) is 30.1 Å². The van der Waals surface area contributed by atoms with E-state index in [0.717, 1.165) is 18.4 Å². The SMILES string of the molecule is c1cncc(CCN2CCCC3CNCC32)c1. The summed E-state index contributed by atoms with van der Waals surface area (Å²) in [4.78, 5) is 6.87. The normalized spacial score (nSPS) is 29.2. The van der Waals surface area contributed by atoms with E-state index < -0.39 is 0 Å². The summed E-state index contributed by atoms with van der Waals surface area (Å²) in [5.74, 6) is 0.901. The molecule has 2 saturated heterocycles. The second-order valence-electron chi connectivity index (χ2n) is 5.28. The standard InChI is InChI=1S/C14H21N3/c1-3-12(9-15-6-1)5-8-17-7-2-4-13-10-16-11-14(13)17/h1,3,6,9,13-14,16H,2,4-5,7-8,10-11H2. The third kappa shape index (κ3) is 2.50. The van der Waals surface area contributed by atoms with Gasteiger partial charge in [-0.15, -0.1) is 0 Å². The topological polar surface area (TPSA) is 28.2 Å². The number of pyridine rings is 1. The number of nitrogens with zero attached hydrogens (tertiary/aromatic N) is 2. The third-order valence-electron chi connectivity index (χ3n) is 4.20. The van der Waals surface area contributed by atoms with E-state index in [1.807, 2.05) is 18.5 Å². The van der Waals surface area contributed by atoms with Gasteiger partial charge < -0.3 is 5.32 Å². The molecule has 3 nitrogen and oxygen atoms in total. The predicted octanol–water partition coefficient (Wildman–Crippen LogP) is 1.31. The monoisotopic (exact) mass is 231 g/mol. The minimum Gasteiger partial charge on any atom is -0.315 e. The van der Waals surface area contributed by atoms with Gasteiger partial charge in [-0.25, -0.2) is 0 Å². The molecule has 1 aromatic heterocycles. The molecule has 0 spiro atoms. The maximum absolute atomic E-state index is 4.18. The van der Waals surface area contributed by atoms with Crippen LogP contribution < -0.4 is 5.32 Å². The Morgan fingerprint density at radius 2 is 2.41 bits per heavy atom. The Morgan fingerprint density at radius 3 is 3.29 bits per heavy atom. The van der Waals surface area contributed by atoms with Crippen LogP contribution in [-0.4, -0.2) is 42.1 Å². The first-order valence-electron chi connectivity index (χ1n) is 6.77. The number of hydrogen-bond acceptors (Lipinski definition) is 3. The van der Waals surface area contributed by atoms with Crippen LogP contribution in [0.3, 0.4) is 0 Å². The molecule has 0 aliphatic carbocycles. The predicted molar refractivity (Wildman–Crippen MR) is 68.9 cm³/mol. The summed E-state index contributed by atoms with van der Waals surface area (Å²) in [6.07, 6.45) is 7.77. The van der Waals surface area contributed by atoms with E-state index in [-0.39, 0.29) is 0 Å². The molecule has 3 heterocycles. The van der Waals surface area contributed by atoms with Gasteiger partial charge in [-0.3, -0.25) is 9.88 Å². The van der Waals surface area contributed by atoms with Crippen molar-refractivity contribution in [1.29, 1.82) is 0 Å². The van der Waals surface area contributed by atoms with Crippen molar-refractivity contribution in [2.75, 3.05) is 26.2 Å². The molecule has 3 rings (SSSR count). The molecule has 0 bridgehead atoms. The molecule has 0 amide bonds. The molecule has 2 aliphatic rings. The van der Waals surface area contributed by atoms with Crippen molar-refractivity contribution in [2.24, 2.45) is 5.92 Å². The number of rotatable bonds is 3. The highest BCUT2D eigenvalue weighted by Gasteiger charge is 2.34. The molecule has 0 aromatic carbocycles. The van der Waals surface area contributed by atoms with Gasteiger partial charge in [0.1, 0.15) is 0 Å². The van der Waals surface area contributed by atoms with Crippen LogP contribution in [0.1, 0.15) is 18.4 Å². The third-order valence-corrected chi connectivity index (χ3v) is 4.20. The van der Waals surface area contributed by atoms with Crippen LogP contribution in [0, 0.1) is 5.92 Å². The van der Waals surface area contributed by atoms with Gasteiger partial charge in [0.15, 0.2) is 0 Å². The maximum Gasteiger partial charge on any atom is 0.0300 e. The smallest absolute Gasteiger partial charge is 0.0300 e. The van der Waals surface area contributed by atoms with Gasteiger partial charge in [0.05, 0.1) is 0 Å². The Kier molecular flexibility index (Phi) is 3.39. The Morgan fingerprint density at radius 1 is 1.41 bits per heavy atom.